The van der Waals surface area contributed by atoms with Crippen molar-refractivity contribution in [1.82, 2.24) is 10.6 Å². The predicted octanol–water partition coefficient (Wildman–Crippen LogP) is 1.05. The third-order valence-corrected chi connectivity index (χ3v) is 4.77. The number of likely N-dealkylation sites (N-methyl/N-ethyl adjacent to an activating group) is 1. The van der Waals surface area contributed by atoms with Gasteiger partial charge in [0, 0.05) is 24.5 Å². The molecule has 1 atom stereocenters. The highest BCUT2D eigenvalue weighted by Crippen LogP contribution is 2.27. The Hall–Kier alpha value is -0.400. The highest BCUT2D eigenvalue weighted by molar-refractivity contribution is 8.76. The molecule has 0 saturated heterocycles. The predicted molar refractivity (Wildman–Crippen MR) is 77.7 cm³/mol. The van der Waals surface area contributed by atoms with Gasteiger partial charge >= 0.3 is 5.97 Å². The lowest BCUT2D eigenvalue weighted by Gasteiger charge is -2.10. The van der Waals surface area contributed by atoms with Crippen LogP contribution < -0.4 is 10.6 Å². The number of nitrogens with one attached hydrogen (secondary N) is 2. The van der Waals surface area contributed by atoms with Crippen LogP contribution in [-0.4, -0.2) is 49.6 Å². The van der Waals surface area contributed by atoms with Gasteiger partial charge < -0.3 is 15.4 Å². The number of ether oxygens (including phenoxy) is 1. The second-order valence-corrected chi connectivity index (χ2v) is 6.69. The summed E-state index contributed by atoms with van der Waals surface area (Å²) in [5.74, 6) is 0.757. The summed E-state index contributed by atoms with van der Waals surface area (Å²) < 4.78 is 4.90. The number of carbonyl (C=O) groups is 2. The first-order valence-electron chi connectivity index (χ1n) is 5.89. The van der Waals surface area contributed by atoms with Gasteiger partial charge in [-0.1, -0.05) is 21.6 Å². The maximum Gasteiger partial charge on any atom is 0.302 e. The quantitative estimate of drug-likeness (QED) is 0.356. The highest BCUT2D eigenvalue weighted by Gasteiger charge is 2.05. The summed E-state index contributed by atoms with van der Waals surface area (Å²) in [5.41, 5.74) is 0. The minimum absolute atomic E-state index is 0.0263. The lowest BCUT2D eigenvalue weighted by Crippen LogP contribution is -2.32. The average Bonchev–Trinajstić information content (AvgIpc) is 2.31. The number of rotatable bonds is 10. The normalized spacial score (nSPS) is 11.9. The van der Waals surface area contributed by atoms with Crippen molar-refractivity contribution in [1.29, 1.82) is 0 Å². The van der Waals surface area contributed by atoms with Gasteiger partial charge in [0.05, 0.1) is 6.54 Å². The van der Waals surface area contributed by atoms with Crippen molar-refractivity contribution in [2.45, 2.75) is 25.5 Å². The van der Waals surface area contributed by atoms with E-state index >= 15 is 0 Å². The zero-order valence-corrected chi connectivity index (χ0v) is 12.8. The van der Waals surface area contributed by atoms with Crippen LogP contribution in [0.25, 0.3) is 0 Å². The zero-order valence-electron chi connectivity index (χ0n) is 11.2. The van der Waals surface area contributed by atoms with Crippen molar-refractivity contribution < 1.29 is 14.3 Å². The summed E-state index contributed by atoms with van der Waals surface area (Å²) in [6.45, 7) is 4.95. The van der Waals surface area contributed by atoms with Gasteiger partial charge in [-0.2, -0.15) is 0 Å². The minimum Gasteiger partial charge on any atom is -0.465 e. The first kappa shape index (κ1) is 17.6. The van der Waals surface area contributed by atoms with Crippen molar-refractivity contribution >= 4 is 33.5 Å². The molecule has 0 fully saturated rings. The Kier molecular flexibility index (Phi) is 11.4. The Morgan fingerprint density at radius 2 is 2.11 bits per heavy atom. The number of hydrogen-bond acceptors (Lipinski definition) is 6. The molecule has 0 aromatic rings. The van der Waals surface area contributed by atoms with E-state index < -0.39 is 0 Å². The number of carbonyl (C=O) groups excluding carboxylic acids is 2. The second kappa shape index (κ2) is 11.7. The van der Waals surface area contributed by atoms with Crippen LogP contribution in [0.5, 0.6) is 0 Å². The number of esters is 1. The molecule has 18 heavy (non-hydrogen) atoms. The summed E-state index contributed by atoms with van der Waals surface area (Å²) in [5, 5.41) is 5.90. The van der Waals surface area contributed by atoms with Crippen molar-refractivity contribution in [3.8, 4) is 0 Å². The lowest BCUT2D eigenvalue weighted by atomic mass is 10.4. The molecule has 1 amide bonds. The van der Waals surface area contributed by atoms with Gasteiger partial charge in [-0.05, 0) is 20.4 Å². The fourth-order valence-electron chi connectivity index (χ4n) is 1.01. The van der Waals surface area contributed by atoms with Gasteiger partial charge in [0.25, 0.3) is 0 Å². The molecule has 0 bridgehead atoms. The molecule has 0 aromatic heterocycles. The fraction of sp³-hybridized carbons (Fsp3) is 0.818. The van der Waals surface area contributed by atoms with E-state index in [4.69, 9.17) is 4.74 Å². The van der Waals surface area contributed by atoms with Crippen molar-refractivity contribution in [3.05, 3.63) is 0 Å². The molecule has 7 heteroatoms. The molecule has 2 N–H and O–H groups in total. The van der Waals surface area contributed by atoms with Crippen LogP contribution in [0.4, 0.5) is 0 Å². The van der Waals surface area contributed by atoms with Crippen LogP contribution in [0.1, 0.15) is 20.3 Å². The maximum atomic E-state index is 11.1. The summed E-state index contributed by atoms with van der Waals surface area (Å²) in [6.07, 6.45) is 0.938. The molecule has 106 valence electrons. The summed E-state index contributed by atoms with van der Waals surface area (Å²) in [7, 11) is 5.18. The Bertz CT molecular complexity index is 252. The van der Waals surface area contributed by atoms with E-state index in [2.05, 4.69) is 10.6 Å². The SMILES string of the molecule is CNCC(=O)NCCCSSC(C)COC(C)=O. The molecule has 0 saturated carbocycles. The van der Waals surface area contributed by atoms with Crippen LogP contribution in [-0.2, 0) is 14.3 Å². The molecule has 0 aromatic carbocycles. The maximum absolute atomic E-state index is 11.1. The topological polar surface area (TPSA) is 67.4 Å². The van der Waals surface area contributed by atoms with Gasteiger partial charge in [0.1, 0.15) is 6.61 Å². The van der Waals surface area contributed by atoms with Crippen LogP contribution >= 0.6 is 21.6 Å². The van der Waals surface area contributed by atoms with Crippen molar-refractivity contribution in [3.63, 3.8) is 0 Å². The Balaban J connectivity index is 3.29. The molecule has 0 spiro atoms. The molecule has 0 rings (SSSR count). The van der Waals surface area contributed by atoms with E-state index in [0.717, 1.165) is 12.2 Å². The van der Waals surface area contributed by atoms with E-state index in [0.29, 0.717) is 19.7 Å². The summed E-state index contributed by atoms with van der Waals surface area (Å²) in [4.78, 5) is 21.7. The van der Waals surface area contributed by atoms with Gasteiger partial charge in [0.15, 0.2) is 0 Å². The van der Waals surface area contributed by atoms with Crippen LogP contribution in [0.2, 0.25) is 0 Å². The van der Waals surface area contributed by atoms with Crippen molar-refractivity contribution in [2.75, 3.05) is 32.5 Å². The standard InChI is InChI=1S/C11H22N2O3S2/c1-9(8-16-10(2)14)18-17-6-4-5-13-11(15)7-12-3/h9,12H,4-8H2,1-3H3,(H,13,15). The lowest BCUT2D eigenvalue weighted by molar-refractivity contribution is -0.140. The summed E-state index contributed by atoms with van der Waals surface area (Å²) in [6, 6.07) is 0. The smallest absolute Gasteiger partial charge is 0.302 e. The van der Waals surface area contributed by atoms with Crippen LogP contribution in [0.3, 0.4) is 0 Å². The monoisotopic (exact) mass is 294 g/mol. The average molecular weight is 294 g/mol. The number of amides is 1. The molecule has 0 aliphatic rings. The second-order valence-electron chi connectivity index (χ2n) is 3.77. The molecule has 0 radical (unpaired) electrons. The van der Waals surface area contributed by atoms with Crippen LogP contribution in [0, 0.1) is 0 Å². The molecular formula is C11H22N2O3S2. The summed E-state index contributed by atoms with van der Waals surface area (Å²) >= 11 is 0. The van der Waals surface area contributed by atoms with E-state index in [9.17, 15) is 9.59 Å². The molecular weight excluding hydrogens is 272 g/mol. The molecule has 0 aliphatic heterocycles. The number of hydrogen-bond donors (Lipinski definition) is 2. The van der Waals surface area contributed by atoms with Gasteiger partial charge in [0.2, 0.25) is 5.91 Å². The van der Waals surface area contributed by atoms with Gasteiger partial charge in [-0.25, -0.2) is 0 Å². The Morgan fingerprint density at radius 1 is 1.39 bits per heavy atom. The van der Waals surface area contributed by atoms with Gasteiger partial charge in [-0.15, -0.1) is 0 Å². The van der Waals surface area contributed by atoms with E-state index in [1.165, 1.54) is 6.92 Å². The zero-order chi connectivity index (χ0) is 13.8. The first-order valence-corrected chi connectivity index (χ1v) is 8.27. The fourth-order valence-corrected chi connectivity index (χ4v) is 3.23. The molecule has 5 nitrogen and oxygen atoms in total. The van der Waals surface area contributed by atoms with E-state index in [-0.39, 0.29) is 17.1 Å². The minimum atomic E-state index is -0.236. The van der Waals surface area contributed by atoms with Gasteiger partial charge in [-0.3, -0.25) is 9.59 Å². The van der Waals surface area contributed by atoms with Crippen molar-refractivity contribution in [2.24, 2.45) is 0 Å². The third-order valence-electron chi connectivity index (χ3n) is 1.82. The highest BCUT2D eigenvalue weighted by atomic mass is 33.1. The molecule has 0 heterocycles. The van der Waals surface area contributed by atoms with Crippen LogP contribution in [0.15, 0.2) is 0 Å². The first-order chi connectivity index (χ1) is 8.56. The van der Waals surface area contributed by atoms with E-state index in [1.807, 2.05) is 6.92 Å². The Labute approximate surface area is 117 Å². The molecule has 1 unspecified atom stereocenters. The third kappa shape index (κ3) is 12.1. The largest absolute Gasteiger partial charge is 0.465 e. The molecule has 0 aliphatic carbocycles. The van der Waals surface area contributed by atoms with E-state index in [1.54, 1.807) is 28.6 Å². The Morgan fingerprint density at radius 3 is 2.72 bits per heavy atom.